The van der Waals surface area contributed by atoms with Crippen molar-refractivity contribution >= 4 is 5.91 Å². The van der Waals surface area contributed by atoms with Crippen molar-refractivity contribution in [3.63, 3.8) is 0 Å². The fourth-order valence-corrected chi connectivity index (χ4v) is 2.07. The van der Waals surface area contributed by atoms with E-state index in [1.54, 1.807) is 0 Å². The van der Waals surface area contributed by atoms with Gasteiger partial charge in [-0.05, 0) is 37.0 Å². The van der Waals surface area contributed by atoms with Crippen LogP contribution < -0.4 is 5.32 Å². The zero-order valence-electron chi connectivity index (χ0n) is 10.6. The number of aryl methyl sites for hydroxylation is 1. The van der Waals surface area contributed by atoms with E-state index < -0.39 is 11.6 Å². The molecule has 0 radical (unpaired) electrons. The highest BCUT2D eigenvalue weighted by Crippen LogP contribution is 2.12. The Balaban J connectivity index is 1.71. The van der Waals surface area contributed by atoms with Crippen LogP contribution in [0.5, 0.6) is 0 Å². The Kier molecular flexibility index (Phi) is 4.85. The first-order valence-electron chi connectivity index (χ1n) is 6.47. The van der Waals surface area contributed by atoms with E-state index in [-0.39, 0.29) is 18.4 Å². The molecule has 1 aromatic carbocycles. The lowest BCUT2D eigenvalue weighted by Gasteiger charge is -2.10. The highest BCUT2D eigenvalue weighted by molar-refractivity contribution is 5.76. The van der Waals surface area contributed by atoms with E-state index in [4.69, 9.17) is 4.74 Å². The third-order valence-electron chi connectivity index (χ3n) is 3.18. The van der Waals surface area contributed by atoms with E-state index >= 15 is 0 Å². The number of hydrogen-bond acceptors (Lipinski definition) is 2. The summed E-state index contributed by atoms with van der Waals surface area (Å²) >= 11 is 0. The minimum Gasteiger partial charge on any atom is -0.376 e. The molecule has 19 heavy (non-hydrogen) atoms. The van der Waals surface area contributed by atoms with E-state index in [0.29, 0.717) is 18.5 Å². The van der Waals surface area contributed by atoms with Gasteiger partial charge in [0.15, 0.2) is 11.6 Å². The molecular formula is C14H17F2NO2. The highest BCUT2D eigenvalue weighted by atomic mass is 19.2. The molecule has 1 saturated heterocycles. The zero-order chi connectivity index (χ0) is 13.7. The Labute approximate surface area is 111 Å². The second kappa shape index (κ2) is 6.61. The summed E-state index contributed by atoms with van der Waals surface area (Å²) in [4.78, 5) is 11.6. The highest BCUT2D eigenvalue weighted by Gasteiger charge is 2.16. The average Bonchev–Trinajstić information content (AvgIpc) is 2.91. The van der Waals surface area contributed by atoms with Crippen LogP contribution in [0.2, 0.25) is 0 Å². The van der Waals surface area contributed by atoms with Crippen LogP contribution in [0.1, 0.15) is 24.8 Å². The van der Waals surface area contributed by atoms with Crippen molar-refractivity contribution in [3.05, 3.63) is 35.4 Å². The molecule has 1 aliphatic rings. The van der Waals surface area contributed by atoms with Crippen molar-refractivity contribution in [1.82, 2.24) is 5.32 Å². The van der Waals surface area contributed by atoms with Gasteiger partial charge in [0.25, 0.3) is 0 Å². The SMILES string of the molecule is O=C(CCc1ccc(F)c(F)c1)NC[C@H]1CCCO1. The number of ether oxygens (including phenoxy) is 1. The van der Waals surface area contributed by atoms with Crippen molar-refractivity contribution < 1.29 is 18.3 Å². The molecule has 3 nitrogen and oxygen atoms in total. The van der Waals surface area contributed by atoms with E-state index in [2.05, 4.69) is 5.32 Å². The van der Waals surface area contributed by atoms with Gasteiger partial charge in [-0.15, -0.1) is 0 Å². The standard InChI is InChI=1S/C14H17F2NO2/c15-12-5-3-10(8-13(12)16)4-6-14(18)17-9-11-2-1-7-19-11/h3,5,8,11H,1-2,4,6-7,9H2,(H,17,18)/t11-/m1/s1. The second-order valence-corrected chi connectivity index (χ2v) is 4.69. The normalized spacial score (nSPS) is 18.5. The topological polar surface area (TPSA) is 38.3 Å². The van der Waals surface area contributed by atoms with E-state index in [9.17, 15) is 13.6 Å². The fourth-order valence-electron chi connectivity index (χ4n) is 2.07. The van der Waals surface area contributed by atoms with Crippen LogP contribution in [-0.4, -0.2) is 25.2 Å². The minimum absolute atomic E-state index is 0.0970. The summed E-state index contributed by atoms with van der Waals surface area (Å²) in [6.07, 6.45) is 2.79. The number of rotatable bonds is 5. The van der Waals surface area contributed by atoms with E-state index in [1.807, 2.05) is 0 Å². The Morgan fingerprint density at radius 1 is 1.37 bits per heavy atom. The molecule has 0 aromatic heterocycles. The van der Waals surface area contributed by atoms with Gasteiger partial charge in [0.2, 0.25) is 5.91 Å². The summed E-state index contributed by atoms with van der Waals surface area (Å²) in [7, 11) is 0. The maximum atomic E-state index is 13.0. The predicted molar refractivity (Wildman–Crippen MR) is 66.7 cm³/mol. The van der Waals surface area contributed by atoms with Crippen LogP contribution in [0.15, 0.2) is 18.2 Å². The molecule has 0 bridgehead atoms. The quantitative estimate of drug-likeness (QED) is 0.890. The molecule has 2 rings (SSSR count). The molecule has 104 valence electrons. The van der Waals surface area contributed by atoms with Crippen LogP contribution in [0.3, 0.4) is 0 Å². The lowest BCUT2D eigenvalue weighted by Crippen LogP contribution is -2.31. The third kappa shape index (κ3) is 4.28. The summed E-state index contributed by atoms with van der Waals surface area (Å²) in [5.41, 5.74) is 0.617. The molecule has 1 aromatic rings. The molecular weight excluding hydrogens is 252 g/mol. The second-order valence-electron chi connectivity index (χ2n) is 4.69. The molecule has 5 heteroatoms. The molecule has 0 unspecified atom stereocenters. The summed E-state index contributed by atoms with van der Waals surface area (Å²) in [6.45, 7) is 1.28. The van der Waals surface area contributed by atoms with Crippen LogP contribution in [0.25, 0.3) is 0 Å². The van der Waals surface area contributed by atoms with Crippen molar-refractivity contribution in [2.45, 2.75) is 31.8 Å². The summed E-state index contributed by atoms with van der Waals surface area (Å²) in [6, 6.07) is 3.70. The Morgan fingerprint density at radius 3 is 2.89 bits per heavy atom. The Hall–Kier alpha value is -1.49. The Morgan fingerprint density at radius 2 is 2.21 bits per heavy atom. The van der Waals surface area contributed by atoms with Gasteiger partial charge in [0, 0.05) is 19.6 Å². The maximum Gasteiger partial charge on any atom is 0.220 e. The van der Waals surface area contributed by atoms with Crippen LogP contribution in [-0.2, 0) is 16.0 Å². The number of carbonyl (C=O) groups excluding carboxylic acids is 1. The zero-order valence-corrected chi connectivity index (χ0v) is 10.6. The number of benzene rings is 1. The monoisotopic (exact) mass is 269 g/mol. The fraction of sp³-hybridized carbons (Fsp3) is 0.500. The van der Waals surface area contributed by atoms with Crippen LogP contribution in [0, 0.1) is 11.6 Å². The Bertz CT molecular complexity index is 445. The first kappa shape index (κ1) is 13.9. The first-order valence-corrected chi connectivity index (χ1v) is 6.47. The summed E-state index contributed by atoms with van der Waals surface area (Å²) < 4.78 is 31.1. The van der Waals surface area contributed by atoms with Gasteiger partial charge < -0.3 is 10.1 Å². The van der Waals surface area contributed by atoms with Gasteiger partial charge in [-0.2, -0.15) is 0 Å². The third-order valence-corrected chi connectivity index (χ3v) is 3.18. The van der Waals surface area contributed by atoms with Gasteiger partial charge in [0.05, 0.1) is 6.10 Å². The molecule has 1 aliphatic heterocycles. The minimum atomic E-state index is -0.878. The van der Waals surface area contributed by atoms with Gasteiger partial charge in [-0.25, -0.2) is 8.78 Å². The van der Waals surface area contributed by atoms with Crippen molar-refractivity contribution in [3.8, 4) is 0 Å². The van der Waals surface area contributed by atoms with Crippen molar-refractivity contribution in [2.75, 3.05) is 13.2 Å². The smallest absolute Gasteiger partial charge is 0.220 e. The lowest BCUT2D eigenvalue weighted by atomic mass is 10.1. The van der Waals surface area contributed by atoms with Gasteiger partial charge >= 0.3 is 0 Å². The van der Waals surface area contributed by atoms with Gasteiger partial charge in [-0.3, -0.25) is 4.79 Å². The molecule has 1 amide bonds. The molecule has 1 heterocycles. The number of carbonyl (C=O) groups is 1. The summed E-state index contributed by atoms with van der Waals surface area (Å²) in [5.74, 6) is -1.84. The van der Waals surface area contributed by atoms with Crippen molar-refractivity contribution in [1.29, 1.82) is 0 Å². The van der Waals surface area contributed by atoms with Gasteiger partial charge in [-0.1, -0.05) is 6.07 Å². The molecule has 1 fully saturated rings. The van der Waals surface area contributed by atoms with Crippen LogP contribution >= 0.6 is 0 Å². The number of nitrogens with one attached hydrogen (secondary N) is 1. The van der Waals surface area contributed by atoms with E-state index in [0.717, 1.165) is 31.6 Å². The van der Waals surface area contributed by atoms with Crippen LogP contribution in [0.4, 0.5) is 8.78 Å². The number of hydrogen-bond donors (Lipinski definition) is 1. The summed E-state index contributed by atoms with van der Waals surface area (Å²) in [5, 5.41) is 2.79. The number of amides is 1. The molecule has 0 spiro atoms. The first-order chi connectivity index (χ1) is 9.15. The molecule has 0 saturated carbocycles. The molecule has 1 N–H and O–H groups in total. The van der Waals surface area contributed by atoms with E-state index in [1.165, 1.54) is 6.07 Å². The predicted octanol–water partition coefficient (Wildman–Crippen LogP) is 2.19. The largest absolute Gasteiger partial charge is 0.376 e. The van der Waals surface area contributed by atoms with Crippen molar-refractivity contribution in [2.24, 2.45) is 0 Å². The lowest BCUT2D eigenvalue weighted by molar-refractivity contribution is -0.121. The number of halogens is 2. The molecule has 0 aliphatic carbocycles. The van der Waals surface area contributed by atoms with Gasteiger partial charge in [0.1, 0.15) is 0 Å². The average molecular weight is 269 g/mol. The molecule has 1 atom stereocenters. The maximum absolute atomic E-state index is 13.0.